The average Bonchev–Trinajstić information content (AvgIpc) is 2.87. The summed E-state index contributed by atoms with van der Waals surface area (Å²) in [5.41, 5.74) is 6.81. The molecule has 0 unspecified atom stereocenters. The van der Waals surface area contributed by atoms with Gasteiger partial charge in [-0.15, -0.1) is 11.5 Å². The summed E-state index contributed by atoms with van der Waals surface area (Å²) in [6.45, 7) is 1.60. The molecule has 7 nitrogen and oxygen atoms in total. The van der Waals surface area contributed by atoms with Crippen molar-refractivity contribution in [1.82, 2.24) is 15.0 Å². The fourth-order valence-electron chi connectivity index (χ4n) is 1.73. The highest BCUT2D eigenvalue weighted by Gasteiger charge is 2.15. The number of hydrogen-bond acceptors (Lipinski definition) is 5. The van der Waals surface area contributed by atoms with E-state index in [1.54, 1.807) is 31.2 Å². The van der Waals surface area contributed by atoms with Crippen molar-refractivity contribution in [2.45, 2.75) is 6.92 Å². The van der Waals surface area contributed by atoms with Crippen LogP contribution in [0, 0.1) is 19.3 Å². The van der Waals surface area contributed by atoms with E-state index in [-0.39, 0.29) is 12.3 Å². The van der Waals surface area contributed by atoms with E-state index >= 15 is 0 Å². The number of nitrogens with two attached hydrogens (primary N) is 1. The van der Waals surface area contributed by atoms with Crippen LogP contribution in [0.1, 0.15) is 26.5 Å². The Morgan fingerprint density at radius 3 is 2.57 bits per heavy atom. The lowest BCUT2D eigenvalue weighted by atomic mass is 10.2. The van der Waals surface area contributed by atoms with Crippen LogP contribution in [-0.4, -0.2) is 33.5 Å². The normalized spacial score (nSPS) is 9.90. The SMILES string of the molecule is C#CCOC(=O)c1ccc(-n2nnc(C(N)=O)c2C)cc1. The van der Waals surface area contributed by atoms with Crippen molar-refractivity contribution in [3.05, 3.63) is 41.2 Å². The number of ether oxygens (including phenoxy) is 1. The molecule has 2 rings (SSSR count). The Morgan fingerprint density at radius 1 is 1.38 bits per heavy atom. The van der Waals surface area contributed by atoms with Crippen LogP contribution in [-0.2, 0) is 4.74 Å². The zero-order chi connectivity index (χ0) is 15.4. The molecule has 21 heavy (non-hydrogen) atoms. The summed E-state index contributed by atoms with van der Waals surface area (Å²) >= 11 is 0. The lowest BCUT2D eigenvalue weighted by molar-refractivity contribution is 0.0556. The molecule has 0 saturated heterocycles. The largest absolute Gasteiger partial charge is 0.449 e. The second-order valence-electron chi connectivity index (χ2n) is 4.13. The Morgan fingerprint density at radius 2 is 2.05 bits per heavy atom. The molecule has 0 spiro atoms. The van der Waals surface area contributed by atoms with E-state index in [4.69, 9.17) is 16.9 Å². The summed E-state index contributed by atoms with van der Waals surface area (Å²) < 4.78 is 6.27. The van der Waals surface area contributed by atoms with Crippen LogP contribution in [0.5, 0.6) is 0 Å². The van der Waals surface area contributed by atoms with E-state index in [1.807, 2.05) is 0 Å². The molecule has 0 radical (unpaired) electrons. The molecule has 1 heterocycles. The zero-order valence-corrected chi connectivity index (χ0v) is 11.2. The van der Waals surface area contributed by atoms with Gasteiger partial charge in [-0.25, -0.2) is 9.48 Å². The average molecular weight is 284 g/mol. The molecule has 106 valence electrons. The summed E-state index contributed by atoms with van der Waals surface area (Å²) in [5, 5.41) is 7.57. The van der Waals surface area contributed by atoms with Gasteiger partial charge in [0.1, 0.15) is 0 Å². The fraction of sp³-hybridized carbons (Fsp3) is 0.143. The topological polar surface area (TPSA) is 100 Å². The number of terminal acetylenes is 1. The van der Waals surface area contributed by atoms with Crippen LogP contribution < -0.4 is 5.73 Å². The molecular weight excluding hydrogens is 272 g/mol. The summed E-state index contributed by atoms with van der Waals surface area (Å²) in [7, 11) is 0. The highest BCUT2D eigenvalue weighted by Crippen LogP contribution is 2.13. The van der Waals surface area contributed by atoms with Gasteiger partial charge in [0, 0.05) is 0 Å². The van der Waals surface area contributed by atoms with Crippen molar-refractivity contribution in [2.75, 3.05) is 6.61 Å². The summed E-state index contributed by atoms with van der Waals surface area (Å²) in [6.07, 6.45) is 5.01. The van der Waals surface area contributed by atoms with Gasteiger partial charge in [0.25, 0.3) is 5.91 Å². The molecule has 0 atom stereocenters. The number of benzene rings is 1. The van der Waals surface area contributed by atoms with Crippen LogP contribution >= 0.6 is 0 Å². The minimum atomic E-state index is -0.645. The predicted octanol–water partition coefficient (Wildman–Crippen LogP) is 0.465. The van der Waals surface area contributed by atoms with Crippen molar-refractivity contribution < 1.29 is 14.3 Å². The maximum absolute atomic E-state index is 11.6. The summed E-state index contributed by atoms with van der Waals surface area (Å²) in [4.78, 5) is 22.7. The van der Waals surface area contributed by atoms with Gasteiger partial charge in [0.05, 0.1) is 16.9 Å². The molecule has 1 aromatic heterocycles. The molecule has 1 aromatic carbocycles. The minimum absolute atomic E-state index is 0.0786. The number of rotatable bonds is 4. The number of esters is 1. The molecule has 7 heteroatoms. The maximum Gasteiger partial charge on any atom is 0.339 e. The Balaban J connectivity index is 2.25. The number of aromatic nitrogens is 3. The van der Waals surface area contributed by atoms with Gasteiger partial charge in [0.2, 0.25) is 0 Å². The van der Waals surface area contributed by atoms with Gasteiger partial charge >= 0.3 is 5.97 Å². The van der Waals surface area contributed by atoms with E-state index in [1.165, 1.54) is 4.68 Å². The van der Waals surface area contributed by atoms with Gasteiger partial charge in [-0.3, -0.25) is 4.79 Å². The number of primary amides is 1. The van der Waals surface area contributed by atoms with Crippen molar-refractivity contribution in [3.63, 3.8) is 0 Å². The molecule has 0 fully saturated rings. The second kappa shape index (κ2) is 5.88. The van der Waals surface area contributed by atoms with Crippen molar-refractivity contribution in [1.29, 1.82) is 0 Å². The van der Waals surface area contributed by atoms with E-state index in [0.29, 0.717) is 16.9 Å². The quantitative estimate of drug-likeness (QED) is 0.649. The number of carbonyl (C=O) groups is 2. The third-order valence-corrected chi connectivity index (χ3v) is 2.76. The van der Waals surface area contributed by atoms with Gasteiger partial charge in [0.15, 0.2) is 12.3 Å². The van der Waals surface area contributed by atoms with E-state index in [9.17, 15) is 9.59 Å². The molecule has 2 aromatic rings. The maximum atomic E-state index is 11.6. The van der Waals surface area contributed by atoms with Crippen molar-refractivity contribution in [2.24, 2.45) is 5.73 Å². The zero-order valence-electron chi connectivity index (χ0n) is 11.2. The lowest BCUT2D eigenvalue weighted by Crippen LogP contribution is -2.13. The van der Waals surface area contributed by atoms with E-state index in [0.717, 1.165) is 0 Å². The molecule has 0 bridgehead atoms. The fourth-order valence-corrected chi connectivity index (χ4v) is 1.73. The first-order valence-electron chi connectivity index (χ1n) is 5.97. The van der Waals surface area contributed by atoms with E-state index in [2.05, 4.69) is 16.2 Å². The summed E-state index contributed by atoms with van der Waals surface area (Å²) in [6, 6.07) is 6.44. The lowest BCUT2D eigenvalue weighted by Gasteiger charge is -2.05. The van der Waals surface area contributed by atoms with Gasteiger partial charge in [-0.1, -0.05) is 11.1 Å². The van der Waals surface area contributed by atoms with Crippen LogP contribution in [0.3, 0.4) is 0 Å². The first-order valence-corrected chi connectivity index (χ1v) is 5.97. The minimum Gasteiger partial charge on any atom is -0.449 e. The third kappa shape index (κ3) is 2.90. The molecular formula is C14H12N4O3. The molecule has 0 aliphatic carbocycles. The van der Waals surface area contributed by atoms with Gasteiger partial charge < -0.3 is 10.5 Å². The Kier molecular flexibility index (Phi) is 4.00. The number of nitrogens with zero attached hydrogens (tertiary/aromatic N) is 3. The van der Waals surface area contributed by atoms with Gasteiger partial charge in [-0.05, 0) is 31.2 Å². The molecule has 0 saturated carbocycles. The highest BCUT2D eigenvalue weighted by molar-refractivity contribution is 5.92. The number of hydrogen-bond donors (Lipinski definition) is 1. The van der Waals surface area contributed by atoms with Crippen molar-refractivity contribution >= 4 is 11.9 Å². The second-order valence-corrected chi connectivity index (χ2v) is 4.13. The smallest absolute Gasteiger partial charge is 0.339 e. The summed E-state index contributed by atoms with van der Waals surface area (Å²) in [5.74, 6) is 1.07. The van der Waals surface area contributed by atoms with Crippen LogP contribution in [0.15, 0.2) is 24.3 Å². The molecule has 2 N–H and O–H groups in total. The van der Waals surface area contributed by atoms with Gasteiger partial charge in [-0.2, -0.15) is 0 Å². The number of amides is 1. The van der Waals surface area contributed by atoms with Crippen LogP contribution in [0.25, 0.3) is 5.69 Å². The molecule has 1 amide bonds. The first kappa shape index (κ1) is 14.3. The monoisotopic (exact) mass is 284 g/mol. The van der Waals surface area contributed by atoms with E-state index < -0.39 is 11.9 Å². The highest BCUT2D eigenvalue weighted by atomic mass is 16.5. The Bertz CT molecular complexity index is 726. The molecule has 0 aliphatic heterocycles. The van der Waals surface area contributed by atoms with Crippen LogP contribution in [0.4, 0.5) is 0 Å². The number of carbonyl (C=O) groups excluding carboxylic acids is 2. The third-order valence-electron chi connectivity index (χ3n) is 2.76. The standard InChI is InChI=1S/C14H12N4O3/c1-3-8-21-14(20)10-4-6-11(7-5-10)18-9(2)12(13(15)19)16-17-18/h1,4-7H,8H2,2H3,(H2,15,19). The molecule has 0 aliphatic rings. The Labute approximate surface area is 120 Å². The Hall–Kier alpha value is -3.14. The first-order chi connectivity index (χ1) is 10.0. The van der Waals surface area contributed by atoms with Crippen molar-refractivity contribution in [3.8, 4) is 18.0 Å². The predicted molar refractivity (Wildman–Crippen MR) is 73.7 cm³/mol. The van der Waals surface area contributed by atoms with Crippen LogP contribution in [0.2, 0.25) is 0 Å².